The number of carbonyl (C=O) groups excluding carboxylic acids is 2. The number of rotatable bonds is 5. The first-order valence-corrected chi connectivity index (χ1v) is 11.0. The number of ether oxygens (including phenoxy) is 2. The lowest BCUT2D eigenvalue weighted by Gasteiger charge is -2.30. The first-order valence-electron chi connectivity index (χ1n) is 9.15. The summed E-state index contributed by atoms with van der Waals surface area (Å²) in [4.78, 5) is 26.2. The van der Waals surface area contributed by atoms with Gasteiger partial charge in [-0.05, 0) is 38.0 Å². The Morgan fingerprint density at radius 1 is 1.25 bits per heavy atom. The number of sulfonamides is 1. The van der Waals surface area contributed by atoms with Crippen molar-refractivity contribution in [2.45, 2.75) is 30.8 Å². The average molecular weight is 431 g/mol. The van der Waals surface area contributed by atoms with Gasteiger partial charge in [-0.15, -0.1) is 0 Å². The van der Waals surface area contributed by atoms with Gasteiger partial charge in [-0.25, -0.2) is 13.2 Å². The van der Waals surface area contributed by atoms with Crippen molar-refractivity contribution in [2.24, 2.45) is 0 Å². The highest BCUT2D eigenvalue weighted by atomic mass is 35.5. The number of esters is 1. The van der Waals surface area contributed by atoms with Crippen LogP contribution in [-0.2, 0) is 24.3 Å². The van der Waals surface area contributed by atoms with Crippen LogP contribution in [0.15, 0.2) is 23.1 Å². The highest BCUT2D eigenvalue weighted by molar-refractivity contribution is 7.89. The highest BCUT2D eigenvalue weighted by Crippen LogP contribution is 2.25. The SMILES string of the molecule is CC1CN(C(=O)COC(=O)c2cc(S(=O)(=O)N3CCCC3)ccc2Cl)CCO1. The summed E-state index contributed by atoms with van der Waals surface area (Å²) in [7, 11) is -3.69. The van der Waals surface area contributed by atoms with E-state index in [4.69, 9.17) is 21.1 Å². The van der Waals surface area contributed by atoms with Gasteiger partial charge in [0.25, 0.3) is 5.91 Å². The second kappa shape index (κ2) is 8.77. The molecule has 1 aromatic carbocycles. The van der Waals surface area contributed by atoms with Gasteiger partial charge in [0, 0.05) is 26.2 Å². The van der Waals surface area contributed by atoms with Crippen molar-refractivity contribution in [3.63, 3.8) is 0 Å². The lowest BCUT2D eigenvalue weighted by Crippen LogP contribution is -2.46. The molecule has 2 heterocycles. The third-order valence-corrected chi connectivity index (χ3v) is 7.01. The molecule has 0 bridgehead atoms. The number of hydrogen-bond acceptors (Lipinski definition) is 6. The largest absolute Gasteiger partial charge is 0.452 e. The predicted molar refractivity (Wildman–Crippen MR) is 102 cm³/mol. The van der Waals surface area contributed by atoms with E-state index in [1.54, 1.807) is 4.90 Å². The number of amides is 1. The van der Waals surface area contributed by atoms with Crippen LogP contribution < -0.4 is 0 Å². The Morgan fingerprint density at radius 2 is 1.96 bits per heavy atom. The maximum atomic E-state index is 12.7. The van der Waals surface area contributed by atoms with Gasteiger partial charge >= 0.3 is 5.97 Å². The van der Waals surface area contributed by atoms with Gasteiger partial charge in [-0.3, -0.25) is 4.79 Å². The summed E-state index contributed by atoms with van der Waals surface area (Å²) in [5.74, 6) is -1.17. The summed E-state index contributed by atoms with van der Waals surface area (Å²) in [6, 6.07) is 3.93. The van der Waals surface area contributed by atoms with Crippen molar-refractivity contribution in [2.75, 3.05) is 39.4 Å². The minimum Gasteiger partial charge on any atom is -0.452 e. The Morgan fingerprint density at radius 3 is 2.64 bits per heavy atom. The van der Waals surface area contributed by atoms with Crippen molar-refractivity contribution < 1.29 is 27.5 Å². The summed E-state index contributed by atoms with van der Waals surface area (Å²) in [6.45, 7) is 3.63. The van der Waals surface area contributed by atoms with Gasteiger partial charge in [-0.2, -0.15) is 4.31 Å². The van der Waals surface area contributed by atoms with Gasteiger partial charge in [0.1, 0.15) is 0 Å². The molecule has 2 saturated heterocycles. The second-order valence-electron chi connectivity index (χ2n) is 6.85. The average Bonchev–Trinajstić information content (AvgIpc) is 3.21. The van der Waals surface area contributed by atoms with Crippen LogP contribution in [0.4, 0.5) is 0 Å². The molecular weight excluding hydrogens is 408 g/mol. The molecule has 2 aliphatic rings. The molecule has 0 N–H and O–H groups in total. The lowest BCUT2D eigenvalue weighted by atomic mass is 10.2. The van der Waals surface area contributed by atoms with E-state index < -0.39 is 22.6 Å². The Balaban J connectivity index is 1.68. The van der Waals surface area contributed by atoms with Crippen LogP contribution in [-0.4, -0.2) is 75.0 Å². The first kappa shape index (κ1) is 21.0. The fourth-order valence-electron chi connectivity index (χ4n) is 3.24. The minimum atomic E-state index is -3.69. The normalized spacial score (nSPS) is 20.9. The molecule has 0 radical (unpaired) electrons. The zero-order chi connectivity index (χ0) is 20.3. The molecule has 2 aliphatic heterocycles. The van der Waals surface area contributed by atoms with E-state index in [0.29, 0.717) is 32.8 Å². The van der Waals surface area contributed by atoms with E-state index in [-0.39, 0.29) is 27.5 Å². The van der Waals surface area contributed by atoms with E-state index in [0.717, 1.165) is 12.8 Å². The summed E-state index contributed by atoms with van der Waals surface area (Å²) in [5.41, 5.74) is -0.0786. The molecule has 28 heavy (non-hydrogen) atoms. The van der Waals surface area contributed by atoms with Crippen LogP contribution >= 0.6 is 11.6 Å². The maximum Gasteiger partial charge on any atom is 0.340 e. The van der Waals surface area contributed by atoms with Crippen molar-refractivity contribution in [1.29, 1.82) is 0 Å². The molecule has 0 saturated carbocycles. The fourth-order valence-corrected chi connectivity index (χ4v) is 4.98. The van der Waals surface area contributed by atoms with E-state index >= 15 is 0 Å². The zero-order valence-electron chi connectivity index (χ0n) is 15.6. The molecule has 154 valence electrons. The Hall–Kier alpha value is -1.68. The molecule has 8 nitrogen and oxygen atoms in total. The number of nitrogens with zero attached hydrogens (tertiary/aromatic N) is 2. The van der Waals surface area contributed by atoms with Crippen LogP contribution in [0.3, 0.4) is 0 Å². The molecule has 2 fully saturated rings. The third-order valence-electron chi connectivity index (χ3n) is 4.78. The summed E-state index contributed by atoms with van der Waals surface area (Å²) in [5, 5.41) is 0.0674. The van der Waals surface area contributed by atoms with Crippen molar-refractivity contribution in [1.82, 2.24) is 9.21 Å². The molecular formula is C18H23ClN2O6S. The van der Waals surface area contributed by atoms with E-state index in [9.17, 15) is 18.0 Å². The van der Waals surface area contributed by atoms with Crippen LogP contribution in [0.1, 0.15) is 30.1 Å². The second-order valence-corrected chi connectivity index (χ2v) is 9.20. The molecule has 1 aromatic rings. The molecule has 0 spiro atoms. The number of carbonyl (C=O) groups is 2. The van der Waals surface area contributed by atoms with Crippen molar-refractivity contribution >= 4 is 33.5 Å². The summed E-state index contributed by atoms with van der Waals surface area (Å²) >= 11 is 6.06. The molecule has 3 rings (SSSR count). The quantitative estimate of drug-likeness (QED) is 0.657. The fraction of sp³-hybridized carbons (Fsp3) is 0.556. The smallest absolute Gasteiger partial charge is 0.340 e. The van der Waals surface area contributed by atoms with Gasteiger partial charge in [0.05, 0.1) is 28.2 Å². The van der Waals surface area contributed by atoms with Gasteiger partial charge in [-0.1, -0.05) is 11.6 Å². The zero-order valence-corrected chi connectivity index (χ0v) is 17.2. The predicted octanol–water partition coefficient (Wildman–Crippen LogP) is 1.53. The molecule has 1 atom stereocenters. The number of halogens is 1. The van der Waals surface area contributed by atoms with Crippen LogP contribution in [0.5, 0.6) is 0 Å². The van der Waals surface area contributed by atoms with E-state index in [1.165, 1.54) is 22.5 Å². The Kier molecular flexibility index (Phi) is 6.59. The molecule has 1 amide bonds. The van der Waals surface area contributed by atoms with Crippen molar-refractivity contribution in [3.8, 4) is 0 Å². The minimum absolute atomic E-state index is 0.0147. The Bertz CT molecular complexity index is 854. The van der Waals surface area contributed by atoms with Crippen molar-refractivity contribution in [3.05, 3.63) is 28.8 Å². The molecule has 1 unspecified atom stereocenters. The Labute approximate surface area is 169 Å². The monoisotopic (exact) mass is 430 g/mol. The first-order chi connectivity index (χ1) is 13.3. The molecule has 0 aromatic heterocycles. The summed E-state index contributed by atoms with van der Waals surface area (Å²) < 4.78 is 37.2. The van der Waals surface area contributed by atoms with Gasteiger partial charge in [0.15, 0.2) is 6.61 Å². The summed E-state index contributed by atoms with van der Waals surface area (Å²) in [6.07, 6.45) is 1.55. The van der Waals surface area contributed by atoms with Crippen LogP contribution in [0.25, 0.3) is 0 Å². The molecule has 0 aliphatic carbocycles. The maximum absolute atomic E-state index is 12.7. The third kappa shape index (κ3) is 4.65. The topological polar surface area (TPSA) is 93.2 Å². The van der Waals surface area contributed by atoms with E-state index in [2.05, 4.69) is 0 Å². The molecule has 10 heteroatoms. The number of morpholine rings is 1. The number of hydrogen-bond donors (Lipinski definition) is 0. The van der Waals surface area contributed by atoms with Gasteiger partial charge in [0.2, 0.25) is 10.0 Å². The van der Waals surface area contributed by atoms with Gasteiger partial charge < -0.3 is 14.4 Å². The van der Waals surface area contributed by atoms with E-state index in [1.807, 2.05) is 6.92 Å². The van der Waals surface area contributed by atoms with Crippen LogP contribution in [0, 0.1) is 0 Å². The van der Waals surface area contributed by atoms with Crippen LogP contribution in [0.2, 0.25) is 5.02 Å². The highest BCUT2D eigenvalue weighted by Gasteiger charge is 2.29. The lowest BCUT2D eigenvalue weighted by molar-refractivity contribution is -0.141. The number of benzene rings is 1. The standard InChI is InChI=1S/C18H23ClN2O6S/c1-13-11-20(8-9-26-13)17(22)12-27-18(23)15-10-14(4-5-16(15)19)28(24,25)21-6-2-3-7-21/h4-5,10,13H,2-3,6-9,11-12H2,1H3.